The van der Waals surface area contributed by atoms with E-state index >= 15 is 0 Å². The number of ketones is 1. The first-order valence-electron chi connectivity index (χ1n) is 8.77. The maximum Gasteiger partial charge on any atom is 0.178 e. The van der Waals surface area contributed by atoms with Crippen molar-refractivity contribution >= 4 is 5.78 Å². The van der Waals surface area contributed by atoms with Gasteiger partial charge in [-0.2, -0.15) is 0 Å². The summed E-state index contributed by atoms with van der Waals surface area (Å²) in [5.74, 6) is 2.11. The van der Waals surface area contributed by atoms with E-state index in [1.54, 1.807) is 12.2 Å². The van der Waals surface area contributed by atoms with Crippen LogP contribution in [0.2, 0.25) is 0 Å². The van der Waals surface area contributed by atoms with Gasteiger partial charge in [-0.1, -0.05) is 26.3 Å². The normalized spacial score (nSPS) is 48.6. The molecular weight excluding hydrogens is 272 g/mol. The second kappa shape index (κ2) is 4.59. The number of hydrogen-bond donors (Lipinski definition) is 1. The van der Waals surface area contributed by atoms with Gasteiger partial charge in [0.15, 0.2) is 5.78 Å². The fraction of sp³-hybridized carbons (Fsp3) is 0.650. The van der Waals surface area contributed by atoms with Crippen LogP contribution in [-0.2, 0) is 4.79 Å². The zero-order valence-electron chi connectivity index (χ0n) is 13.6. The third kappa shape index (κ3) is 1.76. The third-order valence-corrected chi connectivity index (χ3v) is 7.41. The summed E-state index contributed by atoms with van der Waals surface area (Å²) in [4.78, 5) is 11.8. The van der Waals surface area contributed by atoms with E-state index in [1.165, 1.54) is 38.4 Å². The molecule has 0 spiro atoms. The van der Waals surface area contributed by atoms with Gasteiger partial charge in [-0.05, 0) is 78.6 Å². The summed E-state index contributed by atoms with van der Waals surface area (Å²) in [5.41, 5.74) is 2.51. The van der Waals surface area contributed by atoms with Crippen LogP contribution in [0.15, 0.2) is 35.6 Å². The Kier molecular flexibility index (Phi) is 2.99. The Labute approximate surface area is 133 Å². The van der Waals surface area contributed by atoms with Gasteiger partial charge in [-0.3, -0.25) is 4.79 Å². The molecule has 0 heterocycles. The van der Waals surface area contributed by atoms with Crippen LogP contribution in [0, 0.1) is 28.6 Å². The highest BCUT2D eigenvalue weighted by Crippen LogP contribution is 2.65. The highest BCUT2D eigenvalue weighted by Gasteiger charge is 2.56. The molecule has 0 aromatic carbocycles. The second-order valence-electron chi connectivity index (χ2n) is 8.40. The maximum absolute atomic E-state index is 11.8. The van der Waals surface area contributed by atoms with Crippen LogP contribution < -0.4 is 0 Å². The monoisotopic (exact) mass is 298 g/mol. The molecule has 1 N–H and O–H groups in total. The van der Waals surface area contributed by atoms with E-state index in [4.69, 9.17) is 0 Å². The molecule has 3 saturated carbocycles. The van der Waals surface area contributed by atoms with Crippen molar-refractivity contribution in [1.82, 2.24) is 0 Å². The zero-order chi connectivity index (χ0) is 15.5. The summed E-state index contributed by atoms with van der Waals surface area (Å²) in [6.07, 6.45) is 14.5. The number of carbonyl (C=O) groups is 1. The van der Waals surface area contributed by atoms with E-state index in [2.05, 4.69) is 19.9 Å². The van der Waals surface area contributed by atoms with Crippen molar-refractivity contribution in [3.63, 3.8) is 0 Å². The lowest BCUT2D eigenvalue weighted by molar-refractivity contribution is -0.110. The summed E-state index contributed by atoms with van der Waals surface area (Å²) in [6, 6.07) is 0. The van der Waals surface area contributed by atoms with Crippen LogP contribution in [0.1, 0.15) is 52.4 Å². The van der Waals surface area contributed by atoms with Gasteiger partial charge in [0, 0.05) is 5.41 Å². The van der Waals surface area contributed by atoms with E-state index in [-0.39, 0.29) is 11.2 Å². The Morgan fingerprint density at radius 3 is 2.82 bits per heavy atom. The molecule has 0 unspecified atom stereocenters. The lowest BCUT2D eigenvalue weighted by Gasteiger charge is -2.56. The summed E-state index contributed by atoms with van der Waals surface area (Å²) >= 11 is 0. The van der Waals surface area contributed by atoms with Crippen molar-refractivity contribution in [3.8, 4) is 0 Å². The minimum absolute atomic E-state index is 0.0618. The van der Waals surface area contributed by atoms with Gasteiger partial charge in [0.1, 0.15) is 0 Å². The van der Waals surface area contributed by atoms with Crippen molar-refractivity contribution in [2.45, 2.75) is 52.4 Å². The number of rotatable bonds is 0. The van der Waals surface area contributed by atoms with Crippen molar-refractivity contribution in [3.05, 3.63) is 35.6 Å². The first kappa shape index (κ1) is 14.3. The number of carbonyl (C=O) groups excluding carboxylic acids is 1. The number of allylic oxidation sites excluding steroid dienone is 5. The summed E-state index contributed by atoms with van der Waals surface area (Å²) in [6.45, 7) is 4.76. The quantitative estimate of drug-likeness (QED) is 0.656. The molecule has 0 aliphatic heterocycles. The SMILES string of the molecule is C[C@@]12CCC[C@H]1[C@@H]1C/C(=C\O)C3=CC(=O)C=C[C@]3(C)[C@H]1CC2. The Morgan fingerprint density at radius 1 is 1.23 bits per heavy atom. The van der Waals surface area contributed by atoms with E-state index in [0.717, 1.165) is 23.5 Å². The molecule has 3 fully saturated rings. The fourth-order valence-corrected chi connectivity index (χ4v) is 6.25. The zero-order valence-corrected chi connectivity index (χ0v) is 13.6. The van der Waals surface area contributed by atoms with E-state index in [1.807, 2.05) is 0 Å². The molecule has 0 aromatic heterocycles. The van der Waals surface area contributed by atoms with Gasteiger partial charge in [0.2, 0.25) is 0 Å². The summed E-state index contributed by atoms with van der Waals surface area (Å²) < 4.78 is 0. The standard InChI is InChI=1S/C20H26O2/c1-19-7-3-4-16(19)15-10-13(12-21)18-11-14(22)5-9-20(18,2)17(15)6-8-19/h5,9,11-12,15-17,21H,3-4,6-8,10H2,1-2H3/b13-12+/t15-,16-,17-,19-,20+/m0/s1. The van der Waals surface area contributed by atoms with Crippen molar-refractivity contribution in [1.29, 1.82) is 0 Å². The minimum Gasteiger partial charge on any atom is -0.515 e. The average molecular weight is 298 g/mol. The molecule has 0 aromatic rings. The van der Waals surface area contributed by atoms with Gasteiger partial charge < -0.3 is 5.11 Å². The van der Waals surface area contributed by atoms with Gasteiger partial charge in [0.05, 0.1) is 6.26 Å². The van der Waals surface area contributed by atoms with E-state index in [0.29, 0.717) is 17.3 Å². The second-order valence-corrected chi connectivity index (χ2v) is 8.40. The first-order chi connectivity index (χ1) is 10.5. The van der Waals surface area contributed by atoms with Crippen LogP contribution in [0.25, 0.3) is 0 Å². The predicted octanol–water partition coefficient (Wildman–Crippen LogP) is 4.74. The van der Waals surface area contributed by atoms with E-state index < -0.39 is 0 Å². The number of aliphatic hydroxyl groups is 1. The Morgan fingerprint density at radius 2 is 2.05 bits per heavy atom. The van der Waals surface area contributed by atoms with Crippen molar-refractivity contribution < 1.29 is 9.90 Å². The Hall–Kier alpha value is -1.31. The highest BCUT2D eigenvalue weighted by molar-refractivity contribution is 6.01. The number of hydrogen-bond acceptors (Lipinski definition) is 2. The first-order valence-corrected chi connectivity index (χ1v) is 8.77. The summed E-state index contributed by atoms with van der Waals surface area (Å²) in [5, 5.41) is 9.79. The Balaban J connectivity index is 1.79. The molecule has 0 radical (unpaired) electrons. The lowest BCUT2D eigenvalue weighted by atomic mass is 9.48. The molecule has 5 atom stereocenters. The van der Waals surface area contributed by atoms with Crippen molar-refractivity contribution in [2.75, 3.05) is 0 Å². The van der Waals surface area contributed by atoms with E-state index in [9.17, 15) is 9.90 Å². The lowest BCUT2D eigenvalue weighted by Crippen LogP contribution is -2.48. The fourth-order valence-electron chi connectivity index (χ4n) is 6.25. The molecule has 2 nitrogen and oxygen atoms in total. The number of fused-ring (bicyclic) bond motifs is 5. The number of aliphatic hydroxyl groups excluding tert-OH is 1. The minimum atomic E-state index is -0.0741. The summed E-state index contributed by atoms with van der Waals surface area (Å²) in [7, 11) is 0. The molecule has 0 saturated heterocycles. The molecule has 4 aliphatic carbocycles. The maximum atomic E-state index is 11.8. The van der Waals surface area contributed by atoms with Gasteiger partial charge in [0.25, 0.3) is 0 Å². The van der Waals surface area contributed by atoms with Gasteiger partial charge in [-0.25, -0.2) is 0 Å². The molecular formula is C20H26O2. The highest BCUT2D eigenvalue weighted by atomic mass is 16.2. The van der Waals surface area contributed by atoms with Crippen LogP contribution in [0.3, 0.4) is 0 Å². The molecule has 2 heteroatoms. The average Bonchev–Trinajstić information content (AvgIpc) is 2.89. The molecule has 118 valence electrons. The van der Waals surface area contributed by atoms with Crippen molar-refractivity contribution in [2.24, 2.45) is 28.6 Å². The topological polar surface area (TPSA) is 37.3 Å². The molecule has 0 amide bonds. The molecule has 0 bridgehead atoms. The van der Waals surface area contributed by atoms with Crippen LogP contribution >= 0.6 is 0 Å². The smallest absolute Gasteiger partial charge is 0.178 e. The largest absolute Gasteiger partial charge is 0.515 e. The van der Waals surface area contributed by atoms with Gasteiger partial charge in [-0.15, -0.1) is 0 Å². The van der Waals surface area contributed by atoms with Gasteiger partial charge >= 0.3 is 0 Å². The molecule has 22 heavy (non-hydrogen) atoms. The van der Waals surface area contributed by atoms with Crippen LogP contribution in [0.4, 0.5) is 0 Å². The van der Waals surface area contributed by atoms with Crippen LogP contribution in [0.5, 0.6) is 0 Å². The Bertz CT molecular complexity index is 611. The van der Waals surface area contributed by atoms with Crippen LogP contribution in [-0.4, -0.2) is 10.9 Å². The predicted molar refractivity (Wildman–Crippen MR) is 87.3 cm³/mol. The third-order valence-electron chi connectivity index (χ3n) is 7.41. The molecule has 4 rings (SSSR count). The molecule has 4 aliphatic rings.